The molecule has 1 saturated heterocycles. The highest BCUT2D eigenvalue weighted by Gasteiger charge is 2.41. The van der Waals surface area contributed by atoms with Gasteiger partial charge in [0.25, 0.3) is 0 Å². The van der Waals surface area contributed by atoms with Crippen LogP contribution >= 0.6 is 0 Å². The number of hydrogen-bond donors (Lipinski definition) is 3. The zero-order chi connectivity index (χ0) is 18.5. The summed E-state index contributed by atoms with van der Waals surface area (Å²) in [5.41, 5.74) is 0.885. The van der Waals surface area contributed by atoms with E-state index in [4.69, 9.17) is 9.47 Å². The van der Waals surface area contributed by atoms with Gasteiger partial charge in [-0.1, -0.05) is 39.0 Å². The van der Waals surface area contributed by atoms with Crippen LogP contribution in [-0.2, 0) is 9.47 Å². The Morgan fingerprint density at radius 3 is 2.77 bits per heavy atom. The molecule has 0 saturated carbocycles. The van der Waals surface area contributed by atoms with Crippen LogP contribution < -0.4 is 5.32 Å². The van der Waals surface area contributed by atoms with Crippen LogP contribution in [0, 0.1) is 0 Å². The maximum atomic E-state index is 12.3. The van der Waals surface area contributed by atoms with Crippen LogP contribution in [0.3, 0.4) is 0 Å². The quantitative estimate of drug-likeness (QED) is 0.545. The van der Waals surface area contributed by atoms with Crippen molar-refractivity contribution in [1.29, 1.82) is 0 Å². The summed E-state index contributed by atoms with van der Waals surface area (Å²) in [5, 5.41) is 21.9. The van der Waals surface area contributed by atoms with E-state index in [0.29, 0.717) is 0 Å². The highest BCUT2D eigenvalue weighted by Crippen LogP contribution is 2.31. The molecule has 2 amide bonds. The van der Waals surface area contributed by atoms with Gasteiger partial charge < -0.3 is 19.7 Å². The SMILES string of the molecule is CCCCCCCCC1=CC2=CN([C@H]3C[C@H](O)[C@@H](CO)O3)C(=O)NC2O1. The molecule has 3 heterocycles. The minimum Gasteiger partial charge on any atom is -0.471 e. The van der Waals surface area contributed by atoms with Crippen molar-refractivity contribution in [1.82, 2.24) is 10.2 Å². The van der Waals surface area contributed by atoms with Gasteiger partial charge in [-0.25, -0.2) is 4.79 Å². The zero-order valence-electron chi connectivity index (χ0n) is 15.4. The van der Waals surface area contributed by atoms with E-state index in [1.807, 2.05) is 6.08 Å². The van der Waals surface area contributed by atoms with Crippen molar-refractivity contribution < 1.29 is 24.5 Å². The van der Waals surface area contributed by atoms with Crippen LogP contribution in [0.15, 0.2) is 23.6 Å². The first kappa shape index (κ1) is 19.2. The third-order valence-corrected chi connectivity index (χ3v) is 5.15. The molecule has 3 N–H and O–H groups in total. The number of nitrogens with zero attached hydrogens (tertiary/aromatic N) is 1. The molecule has 7 heteroatoms. The number of nitrogens with one attached hydrogen (secondary N) is 1. The van der Waals surface area contributed by atoms with Crippen LogP contribution in [0.2, 0.25) is 0 Å². The Kier molecular flexibility index (Phi) is 6.56. The second-order valence-corrected chi connectivity index (χ2v) is 7.23. The molecule has 0 aromatic heterocycles. The minimum atomic E-state index is -0.771. The van der Waals surface area contributed by atoms with Gasteiger partial charge in [0.05, 0.1) is 18.5 Å². The van der Waals surface area contributed by atoms with Crippen molar-refractivity contribution in [3.8, 4) is 0 Å². The molecule has 0 aliphatic carbocycles. The highest BCUT2D eigenvalue weighted by atomic mass is 16.5. The Balaban J connectivity index is 1.53. The van der Waals surface area contributed by atoms with Gasteiger partial charge >= 0.3 is 6.03 Å². The van der Waals surface area contributed by atoms with Crippen LogP contribution in [0.4, 0.5) is 4.79 Å². The Labute approximate surface area is 154 Å². The van der Waals surface area contributed by atoms with Gasteiger partial charge in [-0.2, -0.15) is 0 Å². The predicted octanol–water partition coefficient (Wildman–Crippen LogP) is 2.35. The molecule has 0 radical (unpaired) electrons. The van der Waals surface area contributed by atoms with Gasteiger partial charge in [-0.05, 0) is 12.5 Å². The number of carbonyl (C=O) groups is 1. The summed E-state index contributed by atoms with van der Waals surface area (Å²) in [4.78, 5) is 13.8. The molecule has 0 bridgehead atoms. The molecule has 3 aliphatic heterocycles. The molecule has 26 heavy (non-hydrogen) atoms. The predicted molar refractivity (Wildman–Crippen MR) is 95.8 cm³/mol. The van der Waals surface area contributed by atoms with E-state index in [1.165, 1.54) is 37.0 Å². The monoisotopic (exact) mass is 366 g/mol. The number of amides is 2. The number of unbranched alkanes of at least 4 members (excludes halogenated alkanes) is 5. The van der Waals surface area contributed by atoms with Gasteiger partial charge in [-0.3, -0.25) is 10.2 Å². The third-order valence-electron chi connectivity index (χ3n) is 5.15. The summed E-state index contributed by atoms with van der Waals surface area (Å²) < 4.78 is 11.4. The summed E-state index contributed by atoms with van der Waals surface area (Å²) in [6.07, 6.45) is 9.81. The highest BCUT2D eigenvalue weighted by molar-refractivity contribution is 5.78. The van der Waals surface area contributed by atoms with Gasteiger partial charge in [-0.15, -0.1) is 0 Å². The first-order valence-electron chi connectivity index (χ1n) is 9.74. The minimum absolute atomic E-state index is 0.266. The average Bonchev–Trinajstić information content (AvgIpc) is 3.19. The largest absolute Gasteiger partial charge is 0.471 e. The Morgan fingerprint density at radius 1 is 1.27 bits per heavy atom. The number of carbonyl (C=O) groups excluding carboxylic acids is 1. The second-order valence-electron chi connectivity index (χ2n) is 7.23. The number of ether oxygens (including phenoxy) is 2. The summed E-state index contributed by atoms with van der Waals surface area (Å²) in [7, 11) is 0. The molecule has 4 atom stereocenters. The normalized spacial score (nSPS) is 30.6. The number of fused-ring (bicyclic) bond motifs is 1. The third kappa shape index (κ3) is 4.39. The van der Waals surface area contributed by atoms with Crippen molar-refractivity contribution in [2.45, 2.75) is 83.0 Å². The van der Waals surface area contributed by atoms with E-state index >= 15 is 0 Å². The standard InChI is InChI=1S/C19H30N2O5/c1-2-3-4-5-6-7-8-14-9-13-11-21(19(24)20-18(13)25-14)17-10-15(23)16(12-22)26-17/h9,11,15-18,22-23H,2-8,10,12H2,1H3,(H,20,24)/t15-,16+,17+,18?/m0/s1. The fourth-order valence-corrected chi connectivity index (χ4v) is 3.61. The first-order chi connectivity index (χ1) is 12.6. The van der Waals surface area contributed by atoms with E-state index < -0.39 is 24.7 Å². The lowest BCUT2D eigenvalue weighted by atomic mass is 10.1. The Bertz CT molecular complexity index is 562. The lowest BCUT2D eigenvalue weighted by molar-refractivity contribution is -0.0559. The average molecular weight is 366 g/mol. The van der Waals surface area contributed by atoms with Gasteiger partial charge in [0.2, 0.25) is 6.23 Å². The second kappa shape index (κ2) is 8.88. The van der Waals surface area contributed by atoms with Crippen molar-refractivity contribution in [2.24, 2.45) is 0 Å². The van der Waals surface area contributed by atoms with E-state index in [0.717, 1.165) is 24.2 Å². The van der Waals surface area contributed by atoms with Gasteiger partial charge in [0.1, 0.15) is 12.3 Å². The lowest BCUT2D eigenvalue weighted by Crippen LogP contribution is -2.51. The molecule has 1 fully saturated rings. The van der Waals surface area contributed by atoms with Crippen molar-refractivity contribution in [2.75, 3.05) is 6.61 Å². The lowest BCUT2D eigenvalue weighted by Gasteiger charge is -2.31. The molecule has 0 spiro atoms. The fourth-order valence-electron chi connectivity index (χ4n) is 3.61. The van der Waals surface area contributed by atoms with Gasteiger partial charge in [0, 0.05) is 24.6 Å². The van der Waals surface area contributed by atoms with Crippen molar-refractivity contribution in [3.63, 3.8) is 0 Å². The Morgan fingerprint density at radius 2 is 2.04 bits per heavy atom. The first-order valence-corrected chi connectivity index (χ1v) is 9.74. The number of allylic oxidation sites excluding steroid dienone is 1. The maximum absolute atomic E-state index is 12.3. The summed E-state index contributed by atoms with van der Waals surface area (Å²) in [6, 6.07) is -0.316. The Hall–Kier alpha value is -1.57. The summed E-state index contributed by atoms with van der Waals surface area (Å²) in [6.45, 7) is 1.95. The van der Waals surface area contributed by atoms with E-state index in [1.54, 1.807) is 6.20 Å². The van der Waals surface area contributed by atoms with Crippen LogP contribution in [0.5, 0.6) is 0 Å². The van der Waals surface area contributed by atoms with E-state index in [9.17, 15) is 15.0 Å². The molecule has 7 nitrogen and oxygen atoms in total. The molecule has 1 unspecified atom stereocenters. The molecule has 146 valence electrons. The summed E-state index contributed by atoms with van der Waals surface area (Å²) in [5.74, 6) is 0.902. The topological polar surface area (TPSA) is 91.3 Å². The zero-order valence-corrected chi connectivity index (χ0v) is 15.4. The number of rotatable bonds is 9. The number of aliphatic hydroxyl groups excluding tert-OH is 2. The molecule has 3 aliphatic rings. The fraction of sp³-hybridized carbons (Fsp3) is 0.737. The molecule has 0 aromatic carbocycles. The number of urea groups is 1. The number of hydrogen-bond acceptors (Lipinski definition) is 5. The molecular weight excluding hydrogens is 336 g/mol. The van der Waals surface area contributed by atoms with Crippen LogP contribution in [-0.4, -0.2) is 52.4 Å². The van der Waals surface area contributed by atoms with E-state index in [-0.39, 0.29) is 19.1 Å². The summed E-state index contributed by atoms with van der Waals surface area (Å²) >= 11 is 0. The molecular formula is C19H30N2O5. The molecule has 3 rings (SSSR count). The van der Waals surface area contributed by atoms with Crippen LogP contribution in [0.25, 0.3) is 0 Å². The number of aliphatic hydroxyl groups is 2. The van der Waals surface area contributed by atoms with Crippen molar-refractivity contribution >= 4 is 6.03 Å². The molecule has 0 aromatic rings. The van der Waals surface area contributed by atoms with Crippen LogP contribution in [0.1, 0.15) is 58.3 Å². The van der Waals surface area contributed by atoms with Gasteiger partial charge in [0.15, 0.2) is 0 Å². The maximum Gasteiger partial charge on any atom is 0.326 e. The smallest absolute Gasteiger partial charge is 0.326 e. The van der Waals surface area contributed by atoms with E-state index in [2.05, 4.69) is 12.2 Å². The van der Waals surface area contributed by atoms with Crippen molar-refractivity contribution in [3.05, 3.63) is 23.6 Å².